The largest absolute Gasteiger partial charge is 0.484 e. The molecule has 0 atom stereocenters. The summed E-state index contributed by atoms with van der Waals surface area (Å²) in [6.07, 6.45) is 0.462. The number of carbonyl (C=O) groups is 1. The predicted octanol–water partition coefficient (Wildman–Crippen LogP) is 3.24. The van der Waals surface area contributed by atoms with E-state index in [1.807, 2.05) is 42.5 Å². The number of benzene rings is 2. The molecule has 0 aliphatic carbocycles. The predicted molar refractivity (Wildman–Crippen MR) is 96.1 cm³/mol. The second-order valence-corrected chi connectivity index (χ2v) is 6.14. The third kappa shape index (κ3) is 5.15. The van der Waals surface area contributed by atoms with Crippen LogP contribution in [0.1, 0.15) is 5.89 Å². The number of nitrogens with zero attached hydrogens (tertiary/aromatic N) is 2. The smallest absolute Gasteiger partial charge is 0.257 e. The first kappa shape index (κ1) is 17.2. The lowest BCUT2D eigenvalue weighted by molar-refractivity contribution is -0.123. The number of nitrogens with one attached hydrogen (secondary N) is 1. The number of rotatable bonds is 7. The van der Waals surface area contributed by atoms with Gasteiger partial charge < -0.3 is 14.6 Å². The first-order valence-corrected chi connectivity index (χ1v) is 8.53. The third-order valence-electron chi connectivity index (χ3n) is 3.34. The maximum Gasteiger partial charge on any atom is 0.257 e. The molecule has 3 aromatic rings. The number of hydrogen-bond donors (Lipinski definition) is 1. The number of amides is 1. The lowest BCUT2D eigenvalue weighted by Crippen LogP contribution is -2.30. The van der Waals surface area contributed by atoms with Crippen molar-refractivity contribution in [1.29, 1.82) is 0 Å². The zero-order valence-corrected chi connectivity index (χ0v) is 14.9. The van der Waals surface area contributed by atoms with Crippen LogP contribution >= 0.6 is 15.9 Å². The Hall–Kier alpha value is -2.67. The minimum absolute atomic E-state index is 0.0409. The van der Waals surface area contributed by atoms with E-state index < -0.39 is 0 Å². The quantitative estimate of drug-likeness (QED) is 0.657. The first-order valence-electron chi connectivity index (χ1n) is 7.74. The molecule has 0 spiro atoms. The van der Waals surface area contributed by atoms with Gasteiger partial charge in [-0.25, -0.2) is 0 Å². The van der Waals surface area contributed by atoms with Gasteiger partial charge in [-0.3, -0.25) is 4.79 Å². The zero-order chi connectivity index (χ0) is 17.5. The van der Waals surface area contributed by atoms with Crippen molar-refractivity contribution in [2.45, 2.75) is 6.42 Å². The van der Waals surface area contributed by atoms with Crippen molar-refractivity contribution in [2.24, 2.45) is 0 Å². The molecule has 0 saturated carbocycles. The van der Waals surface area contributed by atoms with E-state index in [-0.39, 0.29) is 12.5 Å². The molecule has 1 heterocycles. The molecule has 1 amide bonds. The molecule has 25 heavy (non-hydrogen) atoms. The number of halogens is 1. The van der Waals surface area contributed by atoms with Gasteiger partial charge in [0.15, 0.2) is 6.61 Å². The SMILES string of the molecule is O=C(COc1ccc(Br)cc1)NCCc1nc(-c2ccccc2)no1. The highest BCUT2D eigenvalue weighted by atomic mass is 79.9. The first-order chi connectivity index (χ1) is 12.2. The van der Waals surface area contributed by atoms with Crippen molar-refractivity contribution in [1.82, 2.24) is 15.5 Å². The molecule has 2 aromatic carbocycles. The van der Waals surface area contributed by atoms with E-state index in [4.69, 9.17) is 9.26 Å². The standard InChI is InChI=1S/C18H16BrN3O3/c19-14-6-8-15(9-7-14)24-12-16(23)20-11-10-17-21-18(22-25-17)13-4-2-1-3-5-13/h1-9H,10-12H2,(H,20,23). The van der Waals surface area contributed by atoms with E-state index in [2.05, 4.69) is 31.4 Å². The molecule has 1 aromatic heterocycles. The van der Waals surface area contributed by atoms with Gasteiger partial charge in [0.25, 0.3) is 5.91 Å². The van der Waals surface area contributed by atoms with Crippen LogP contribution in [0.2, 0.25) is 0 Å². The van der Waals surface area contributed by atoms with Crippen LogP contribution in [0.25, 0.3) is 11.4 Å². The van der Waals surface area contributed by atoms with E-state index in [1.54, 1.807) is 12.1 Å². The van der Waals surface area contributed by atoms with Crippen molar-refractivity contribution >= 4 is 21.8 Å². The highest BCUT2D eigenvalue weighted by Crippen LogP contribution is 2.16. The molecule has 128 valence electrons. The number of aromatic nitrogens is 2. The second-order valence-electron chi connectivity index (χ2n) is 5.22. The second kappa shape index (κ2) is 8.43. The molecule has 0 fully saturated rings. The van der Waals surface area contributed by atoms with Gasteiger partial charge in [0.1, 0.15) is 5.75 Å². The Morgan fingerprint density at radius 1 is 1.12 bits per heavy atom. The summed E-state index contributed by atoms with van der Waals surface area (Å²) < 4.78 is 11.6. The molecule has 0 aliphatic heterocycles. The highest BCUT2D eigenvalue weighted by molar-refractivity contribution is 9.10. The normalized spacial score (nSPS) is 10.4. The Bertz CT molecular complexity index is 819. The van der Waals surface area contributed by atoms with E-state index in [9.17, 15) is 4.79 Å². The summed E-state index contributed by atoms with van der Waals surface area (Å²) in [6, 6.07) is 16.9. The Morgan fingerprint density at radius 3 is 2.64 bits per heavy atom. The third-order valence-corrected chi connectivity index (χ3v) is 3.87. The molecule has 7 heteroatoms. The lowest BCUT2D eigenvalue weighted by atomic mass is 10.2. The van der Waals surface area contributed by atoms with Crippen LogP contribution in [-0.2, 0) is 11.2 Å². The van der Waals surface area contributed by atoms with Gasteiger partial charge in [0.05, 0.1) is 0 Å². The van der Waals surface area contributed by atoms with Crippen LogP contribution < -0.4 is 10.1 Å². The van der Waals surface area contributed by atoms with Gasteiger partial charge >= 0.3 is 0 Å². The summed E-state index contributed by atoms with van der Waals surface area (Å²) in [7, 11) is 0. The van der Waals surface area contributed by atoms with Gasteiger partial charge in [-0.05, 0) is 24.3 Å². The topological polar surface area (TPSA) is 77.2 Å². The van der Waals surface area contributed by atoms with Gasteiger partial charge in [0.2, 0.25) is 11.7 Å². The summed E-state index contributed by atoms with van der Waals surface area (Å²) >= 11 is 3.34. The molecule has 1 N–H and O–H groups in total. The zero-order valence-electron chi connectivity index (χ0n) is 13.3. The van der Waals surface area contributed by atoms with Crippen molar-refractivity contribution in [2.75, 3.05) is 13.2 Å². The van der Waals surface area contributed by atoms with Crippen LogP contribution in [0.3, 0.4) is 0 Å². The molecule has 3 rings (SSSR count). The van der Waals surface area contributed by atoms with Gasteiger partial charge in [-0.15, -0.1) is 0 Å². The average Bonchev–Trinajstić information content (AvgIpc) is 3.11. The number of carbonyl (C=O) groups excluding carboxylic acids is 1. The molecule has 6 nitrogen and oxygen atoms in total. The Balaban J connectivity index is 1.41. The van der Waals surface area contributed by atoms with Crippen molar-refractivity contribution < 1.29 is 14.1 Å². The molecular weight excluding hydrogens is 386 g/mol. The molecule has 0 bridgehead atoms. The van der Waals surface area contributed by atoms with Crippen LogP contribution in [0.4, 0.5) is 0 Å². The number of hydrogen-bond acceptors (Lipinski definition) is 5. The highest BCUT2D eigenvalue weighted by Gasteiger charge is 2.09. The fourth-order valence-electron chi connectivity index (χ4n) is 2.10. The van der Waals surface area contributed by atoms with Crippen LogP contribution in [0, 0.1) is 0 Å². The van der Waals surface area contributed by atoms with Crippen LogP contribution in [-0.4, -0.2) is 29.2 Å². The Labute approximate surface area is 153 Å². The summed E-state index contributed by atoms with van der Waals surface area (Å²) in [4.78, 5) is 16.1. The lowest BCUT2D eigenvalue weighted by Gasteiger charge is -2.06. The van der Waals surface area contributed by atoms with E-state index in [1.165, 1.54) is 0 Å². The summed E-state index contributed by atoms with van der Waals surface area (Å²) in [5, 5.41) is 6.70. The average molecular weight is 402 g/mol. The van der Waals surface area contributed by atoms with Crippen LogP contribution in [0.15, 0.2) is 63.6 Å². The monoisotopic (exact) mass is 401 g/mol. The fraction of sp³-hybridized carbons (Fsp3) is 0.167. The van der Waals surface area contributed by atoms with Crippen molar-refractivity contribution in [3.05, 3.63) is 65.0 Å². The molecule has 0 saturated heterocycles. The molecule has 0 unspecified atom stereocenters. The molecule has 0 radical (unpaired) electrons. The van der Waals surface area contributed by atoms with Gasteiger partial charge in [0, 0.05) is 23.0 Å². The minimum atomic E-state index is -0.203. The Kier molecular flexibility index (Phi) is 5.79. The maximum atomic E-state index is 11.8. The van der Waals surface area contributed by atoms with Gasteiger partial charge in [-0.1, -0.05) is 51.4 Å². The molecule has 0 aliphatic rings. The van der Waals surface area contributed by atoms with Gasteiger partial charge in [-0.2, -0.15) is 4.98 Å². The molecular formula is C18H16BrN3O3. The Morgan fingerprint density at radius 2 is 1.88 bits per heavy atom. The van der Waals surface area contributed by atoms with E-state index in [0.29, 0.717) is 30.4 Å². The fourth-order valence-corrected chi connectivity index (χ4v) is 2.36. The maximum absolute atomic E-state index is 11.8. The van der Waals surface area contributed by atoms with E-state index in [0.717, 1.165) is 10.0 Å². The summed E-state index contributed by atoms with van der Waals surface area (Å²) in [6.45, 7) is 0.361. The number of ether oxygens (including phenoxy) is 1. The minimum Gasteiger partial charge on any atom is -0.484 e. The van der Waals surface area contributed by atoms with Crippen molar-refractivity contribution in [3.8, 4) is 17.1 Å². The van der Waals surface area contributed by atoms with Crippen LogP contribution in [0.5, 0.6) is 5.75 Å². The summed E-state index contributed by atoms with van der Waals surface area (Å²) in [5.41, 5.74) is 0.893. The summed E-state index contributed by atoms with van der Waals surface area (Å²) in [5.74, 6) is 1.46. The van der Waals surface area contributed by atoms with E-state index >= 15 is 0 Å². The van der Waals surface area contributed by atoms with Crippen molar-refractivity contribution in [3.63, 3.8) is 0 Å².